The quantitative estimate of drug-likeness (QED) is 0.825. The molecule has 4 nitrogen and oxygen atoms in total. The molecule has 0 aromatic heterocycles. The Bertz CT molecular complexity index is 957. The van der Waals surface area contributed by atoms with E-state index in [4.69, 9.17) is 23.2 Å². The van der Waals surface area contributed by atoms with Gasteiger partial charge < -0.3 is 4.90 Å². The van der Waals surface area contributed by atoms with Gasteiger partial charge in [-0.1, -0.05) is 47.0 Å². The smallest absolute Gasteiger partial charge is 0.267 e. The lowest BCUT2D eigenvalue weighted by Crippen LogP contribution is -3.11. The maximum Gasteiger partial charge on any atom is 0.267 e. The highest BCUT2D eigenvalue weighted by molar-refractivity contribution is 7.93. The van der Waals surface area contributed by atoms with Gasteiger partial charge in [-0.2, -0.15) is 0 Å². The fourth-order valence-electron chi connectivity index (χ4n) is 4.29. The third-order valence-electron chi connectivity index (χ3n) is 5.46. The normalized spacial score (nSPS) is 25.1. The number of hydrogen-bond acceptors (Lipinski definition) is 2. The zero-order chi connectivity index (χ0) is 18.6. The third-order valence-corrected chi connectivity index (χ3v) is 8.25. The molecule has 4 rings (SSSR count). The number of likely N-dealkylation sites (tertiary alicyclic amines) is 1. The lowest BCUT2D eigenvalue weighted by atomic mass is 9.89. The van der Waals surface area contributed by atoms with Gasteiger partial charge in [-0.05, 0) is 30.7 Å². The Morgan fingerprint density at radius 3 is 2.54 bits per heavy atom. The summed E-state index contributed by atoms with van der Waals surface area (Å²) in [5.41, 5.74) is 3.01. The first-order chi connectivity index (χ1) is 12.3. The summed E-state index contributed by atoms with van der Waals surface area (Å²) in [6.45, 7) is 3.90. The van der Waals surface area contributed by atoms with Crippen molar-refractivity contribution in [1.29, 1.82) is 0 Å². The first-order valence-electron chi connectivity index (χ1n) is 8.71. The van der Waals surface area contributed by atoms with Crippen LogP contribution in [0.4, 0.5) is 5.69 Å². The van der Waals surface area contributed by atoms with Gasteiger partial charge >= 0.3 is 0 Å². The van der Waals surface area contributed by atoms with E-state index in [0.29, 0.717) is 0 Å². The summed E-state index contributed by atoms with van der Waals surface area (Å²) < 4.78 is 28.8. The second kappa shape index (κ2) is 6.41. The van der Waals surface area contributed by atoms with E-state index < -0.39 is 10.0 Å². The van der Waals surface area contributed by atoms with Gasteiger partial charge in [0.25, 0.3) is 10.0 Å². The topological polar surface area (TPSA) is 41.8 Å². The Morgan fingerprint density at radius 1 is 1.15 bits per heavy atom. The molecular weight excluding hydrogens is 391 g/mol. The van der Waals surface area contributed by atoms with E-state index in [2.05, 4.69) is 13.1 Å². The van der Waals surface area contributed by atoms with Crippen LogP contribution in [0.3, 0.4) is 0 Å². The zero-order valence-corrected chi connectivity index (χ0v) is 17.0. The summed E-state index contributed by atoms with van der Waals surface area (Å²) in [5.74, 6) is 0.190. The first kappa shape index (κ1) is 18.1. The van der Waals surface area contributed by atoms with Crippen LogP contribution in [0.25, 0.3) is 0 Å². The standard InChI is InChI=1S/C19H20Cl2N2O2S/c1-12-6-7-17-13(10-12)14-11-22(2)9-8-18(14)23(17)26(24,25)19-15(20)4-3-5-16(19)21/h3-7,10,14,18H,8-9,11H2,1-2H3/p+1/t14-,18-/m0/s1. The second-order valence-electron chi connectivity index (χ2n) is 7.29. The molecule has 0 amide bonds. The van der Waals surface area contributed by atoms with Crippen LogP contribution in [-0.2, 0) is 10.0 Å². The van der Waals surface area contributed by atoms with Crippen LogP contribution in [0.5, 0.6) is 0 Å². The minimum Gasteiger partial charge on any atom is -0.337 e. The van der Waals surface area contributed by atoms with Gasteiger partial charge in [0.1, 0.15) is 4.90 Å². The fraction of sp³-hybridized carbons (Fsp3) is 0.368. The van der Waals surface area contributed by atoms with E-state index >= 15 is 0 Å². The number of likely N-dealkylation sites (N-methyl/N-ethyl adjacent to an activating group) is 1. The highest BCUT2D eigenvalue weighted by Crippen LogP contribution is 2.47. The molecule has 138 valence electrons. The molecule has 2 heterocycles. The Morgan fingerprint density at radius 2 is 1.85 bits per heavy atom. The molecule has 0 aliphatic carbocycles. The molecule has 7 heteroatoms. The van der Waals surface area contributed by atoms with Gasteiger partial charge in [0.05, 0.1) is 47.8 Å². The molecule has 0 saturated carbocycles. The molecule has 1 N–H and O–H groups in total. The molecule has 26 heavy (non-hydrogen) atoms. The molecule has 2 aromatic rings. The summed E-state index contributed by atoms with van der Waals surface area (Å²) in [6.07, 6.45) is 0.811. The monoisotopic (exact) mass is 411 g/mol. The summed E-state index contributed by atoms with van der Waals surface area (Å²) >= 11 is 12.5. The molecule has 1 unspecified atom stereocenters. The molecule has 2 aliphatic rings. The summed E-state index contributed by atoms with van der Waals surface area (Å²) in [6, 6.07) is 10.7. The second-order valence-corrected chi connectivity index (χ2v) is 9.85. The predicted octanol–water partition coefficient (Wildman–Crippen LogP) is 2.88. The highest BCUT2D eigenvalue weighted by atomic mass is 35.5. The molecule has 0 radical (unpaired) electrons. The Hall–Kier alpha value is -1.27. The van der Waals surface area contributed by atoms with Crippen LogP contribution < -0.4 is 9.21 Å². The number of piperidine rings is 1. The van der Waals surface area contributed by atoms with Crippen LogP contribution in [-0.4, -0.2) is 34.6 Å². The van der Waals surface area contributed by atoms with Crippen LogP contribution in [0, 0.1) is 6.92 Å². The summed E-state index contributed by atoms with van der Waals surface area (Å²) in [5, 5.41) is 0.321. The van der Waals surface area contributed by atoms with Crippen molar-refractivity contribution < 1.29 is 13.3 Å². The fourth-order valence-corrected chi connectivity index (χ4v) is 7.13. The number of halogens is 2. The molecule has 0 spiro atoms. The average molecular weight is 412 g/mol. The van der Waals surface area contributed by atoms with Crippen LogP contribution >= 0.6 is 23.2 Å². The number of nitrogens with one attached hydrogen (secondary N) is 1. The molecule has 2 aromatic carbocycles. The van der Waals surface area contributed by atoms with E-state index in [9.17, 15) is 8.42 Å². The van der Waals surface area contributed by atoms with Gasteiger partial charge in [0.15, 0.2) is 0 Å². The SMILES string of the molecule is Cc1ccc2c(c1)[C@@H]1C[NH+](C)CC[C@@H]1N2S(=O)(=O)c1c(Cl)cccc1Cl. The number of sulfonamides is 1. The van der Waals surface area contributed by atoms with Gasteiger partial charge in [0, 0.05) is 6.42 Å². The highest BCUT2D eigenvalue weighted by Gasteiger charge is 2.49. The minimum absolute atomic E-state index is 0.00165. The van der Waals surface area contributed by atoms with E-state index in [-0.39, 0.29) is 26.9 Å². The number of benzene rings is 2. The van der Waals surface area contributed by atoms with Gasteiger partial charge in [-0.15, -0.1) is 0 Å². The third kappa shape index (κ3) is 2.73. The van der Waals surface area contributed by atoms with Crippen molar-refractivity contribution >= 4 is 38.9 Å². The van der Waals surface area contributed by atoms with Crippen LogP contribution in [0.15, 0.2) is 41.3 Å². The van der Waals surface area contributed by atoms with Gasteiger partial charge in [-0.25, -0.2) is 8.42 Å². The lowest BCUT2D eigenvalue weighted by molar-refractivity contribution is -0.886. The van der Waals surface area contributed by atoms with Crippen molar-refractivity contribution in [2.45, 2.75) is 30.2 Å². The number of anilines is 1. The van der Waals surface area contributed by atoms with Crippen LogP contribution in [0.2, 0.25) is 10.0 Å². The van der Waals surface area contributed by atoms with E-state index in [1.807, 2.05) is 19.1 Å². The lowest BCUT2D eigenvalue weighted by Gasteiger charge is -2.35. The van der Waals surface area contributed by atoms with Gasteiger partial charge in [-0.3, -0.25) is 4.31 Å². The van der Waals surface area contributed by atoms with E-state index in [0.717, 1.165) is 36.3 Å². The molecule has 1 saturated heterocycles. The Labute approximate surface area is 164 Å². The number of nitrogens with zero attached hydrogens (tertiary/aromatic N) is 1. The molecular formula is C19H21Cl2N2O2S+. The van der Waals surface area contributed by atoms with Crippen molar-refractivity contribution in [2.24, 2.45) is 0 Å². The van der Waals surface area contributed by atoms with E-state index in [1.54, 1.807) is 22.5 Å². The number of hydrogen-bond donors (Lipinski definition) is 1. The molecule has 3 atom stereocenters. The molecule has 1 fully saturated rings. The number of quaternary nitrogens is 1. The summed E-state index contributed by atoms with van der Waals surface area (Å²) in [4.78, 5) is 1.43. The maximum atomic E-state index is 13.6. The summed E-state index contributed by atoms with van der Waals surface area (Å²) in [7, 11) is -1.69. The largest absolute Gasteiger partial charge is 0.337 e. The Kier molecular flexibility index (Phi) is 4.47. The first-order valence-corrected chi connectivity index (χ1v) is 10.9. The van der Waals surface area contributed by atoms with Crippen molar-refractivity contribution in [1.82, 2.24) is 0 Å². The van der Waals surface area contributed by atoms with Crippen molar-refractivity contribution in [3.05, 3.63) is 57.6 Å². The average Bonchev–Trinajstić information content (AvgIpc) is 2.88. The maximum absolute atomic E-state index is 13.6. The number of rotatable bonds is 2. The molecule has 2 aliphatic heterocycles. The molecule has 0 bridgehead atoms. The number of fused-ring (bicyclic) bond motifs is 3. The zero-order valence-electron chi connectivity index (χ0n) is 14.7. The Balaban J connectivity index is 1.91. The predicted molar refractivity (Wildman–Crippen MR) is 105 cm³/mol. The van der Waals surface area contributed by atoms with Gasteiger partial charge in [0.2, 0.25) is 0 Å². The minimum atomic E-state index is -3.85. The van der Waals surface area contributed by atoms with E-state index in [1.165, 1.54) is 4.90 Å². The van der Waals surface area contributed by atoms with Crippen molar-refractivity contribution in [2.75, 3.05) is 24.4 Å². The van der Waals surface area contributed by atoms with Crippen molar-refractivity contribution in [3.8, 4) is 0 Å². The van der Waals surface area contributed by atoms with Crippen LogP contribution in [0.1, 0.15) is 23.5 Å². The number of aryl methyl sites for hydroxylation is 1. The van der Waals surface area contributed by atoms with Crippen molar-refractivity contribution in [3.63, 3.8) is 0 Å².